The van der Waals surface area contributed by atoms with Gasteiger partial charge in [-0.15, -0.1) is 11.3 Å². The zero-order valence-electron chi connectivity index (χ0n) is 10.1. The third-order valence-corrected chi connectivity index (χ3v) is 4.20. The molecule has 6 heteroatoms. The Morgan fingerprint density at radius 2 is 2.28 bits per heavy atom. The lowest BCUT2D eigenvalue weighted by Crippen LogP contribution is -2.54. The molecule has 5 nitrogen and oxygen atoms in total. The van der Waals surface area contributed by atoms with Gasteiger partial charge >= 0.3 is 5.97 Å². The zero-order chi connectivity index (χ0) is 13.3. The molecule has 0 aromatic carbocycles. The van der Waals surface area contributed by atoms with E-state index >= 15 is 0 Å². The standard InChI is InChI=1S/C12H16N2O3S/c1-12(13,7-4-5-7)11(17)14-9(10(15)16)8-3-2-6-18-8/h2-3,6-7,9H,4-5,13H2,1H3,(H,14,17)(H,15,16). The summed E-state index contributed by atoms with van der Waals surface area (Å²) in [4.78, 5) is 23.9. The van der Waals surface area contributed by atoms with Gasteiger partial charge in [-0.2, -0.15) is 0 Å². The fourth-order valence-electron chi connectivity index (χ4n) is 1.87. The van der Waals surface area contributed by atoms with E-state index in [9.17, 15) is 9.59 Å². The lowest BCUT2D eigenvalue weighted by Gasteiger charge is -2.25. The molecule has 2 atom stereocenters. The fraction of sp³-hybridized carbons (Fsp3) is 0.500. The van der Waals surface area contributed by atoms with Crippen LogP contribution in [0, 0.1) is 5.92 Å². The van der Waals surface area contributed by atoms with Crippen LogP contribution >= 0.6 is 11.3 Å². The van der Waals surface area contributed by atoms with Crippen molar-refractivity contribution in [3.63, 3.8) is 0 Å². The Morgan fingerprint density at radius 1 is 1.61 bits per heavy atom. The van der Waals surface area contributed by atoms with Crippen LogP contribution in [0.5, 0.6) is 0 Å². The number of thiophene rings is 1. The molecule has 1 heterocycles. The Morgan fingerprint density at radius 3 is 2.72 bits per heavy atom. The molecule has 1 aliphatic rings. The number of nitrogens with one attached hydrogen (secondary N) is 1. The lowest BCUT2D eigenvalue weighted by molar-refractivity contribution is -0.142. The molecule has 0 radical (unpaired) electrons. The van der Waals surface area contributed by atoms with Gasteiger partial charge in [0.15, 0.2) is 6.04 Å². The Hall–Kier alpha value is -1.40. The molecule has 1 aliphatic carbocycles. The molecule has 1 saturated carbocycles. The summed E-state index contributed by atoms with van der Waals surface area (Å²) in [6.07, 6.45) is 1.86. The average Bonchev–Trinajstić information content (AvgIpc) is 3.03. The van der Waals surface area contributed by atoms with Gasteiger partial charge in [0.25, 0.3) is 0 Å². The number of hydrogen-bond acceptors (Lipinski definition) is 4. The van der Waals surface area contributed by atoms with Crippen molar-refractivity contribution in [2.24, 2.45) is 11.7 Å². The molecule has 0 aliphatic heterocycles. The van der Waals surface area contributed by atoms with E-state index < -0.39 is 23.5 Å². The summed E-state index contributed by atoms with van der Waals surface area (Å²) in [5, 5.41) is 13.5. The van der Waals surface area contributed by atoms with E-state index in [4.69, 9.17) is 10.8 Å². The third kappa shape index (κ3) is 2.54. The predicted molar refractivity (Wildman–Crippen MR) is 68.2 cm³/mol. The van der Waals surface area contributed by atoms with Gasteiger partial charge in [-0.3, -0.25) is 4.79 Å². The molecule has 18 heavy (non-hydrogen) atoms. The highest BCUT2D eigenvalue weighted by atomic mass is 32.1. The summed E-state index contributed by atoms with van der Waals surface area (Å²) in [6.45, 7) is 1.66. The first-order chi connectivity index (χ1) is 8.43. The van der Waals surface area contributed by atoms with Crippen LogP contribution in [0.3, 0.4) is 0 Å². The number of carboxylic acids is 1. The van der Waals surface area contributed by atoms with Crippen LogP contribution in [-0.4, -0.2) is 22.5 Å². The summed E-state index contributed by atoms with van der Waals surface area (Å²) in [5.41, 5.74) is 4.98. The SMILES string of the molecule is CC(N)(C(=O)NC(C(=O)O)c1cccs1)C1CC1. The summed E-state index contributed by atoms with van der Waals surface area (Å²) in [6, 6.07) is 2.43. The van der Waals surface area contributed by atoms with Crippen LogP contribution in [0.25, 0.3) is 0 Å². The van der Waals surface area contributed by atoms with Gasteiger partial charge in [-0.25, -0.2) is 4.79 Å². The Bertz CT molecular complexity index is 452. The van der Waals surface area contributed by atoms with Crippen LogP contribution in [0.4, 0.5) is 0 Å². The van der Waals surface area contributed by atoms with Crippen molar-refractivity contribution in [1.29, 1.82) is 0 Å². The van der Waals surface area contributed by atoms with Crippen molar-refractivity contribution >= 4 is 23.2 Å². The van der Waals surface area contributed by atoms with E-state index in [1.165, 1.54) is 11.3 Å². The second-order valence-electron chi connectivity index (χ2n) is 4.82. The molecule has 2 unspecified atom stereocenters. The smallest absolute Gasteiger partial charge is 0.331 e. The number of carbonyl (C=O) groups excluding carboxylic acids is 1. The highest BCUT2D eigenvalue weighted by Crippen LogP contribution is 2.38. The maximum atomic E-state index is 12.1. The number of nitrogens with two attached hydrogens (primary N) is 1. The molecule has 4 N–H and O–H groups in total. The van der Waals surface area contributed by atoms with Gasteiger partial charge in [-0.1, -0.05) is 6.07 Å². The minimum Gasteiger partial charge on any atom is -0.479 e. The van der Waals surface area contributed by atoms with Crippen LogP contribution in [0.15, 0.2) is 17.5 Å². The lowest BCUT2D eigenvalue weighted by atomic mass is 9.95. The topological polar surface area (TPSA) is 92.4 Å². The summed E-state index contributed by atoms with van der Waals surface area (Å²) in [5.74, 6) is -1.31. The van der Waals surface area contributed by atoms with Crippen LogP contribution in [0.1, 0.15) is 30.7 Å². The highest BCUT2D eigenvalue weighted by molar-refractivity contribution is 7.10. The van der Waals surface area contributed by atoms with Crippen LogP contribution in [-0.2, 0) is 9.59 Å². The van der Waals surface area contributed by atoms with Gasteiger partial charge in [0.05, 0.1) is 5.54 Å². The molecule has 1 aromatic heterocycles. The molecule has 1 amide bonds. The molecule has 0 bridgehead atoms. The van der Waals surface area contributed by atoms with Gasteiger partial charge in [0, 0.05) is 4.88 Å². The van der Waals surface area contributed by atoms with Crippen molar-refractivity contribution in [1.82, 2.24) is 5.32 Å². The van der Waals surface area contributed by atoms with Crippen molar-refractivity contribution in [2.45, 2.75) is 31.3 Å². The second-order valence-corrected chi connectivity index (χ2v) is 5.80. The monoisotopic (exact) mass is 268 g/mol. The minimum atomic E-state index is -1.07. The molecular formula is C12H16N2O3S. The first kappa shape index (κ1) is 13.0. The first-order valence-corrected chi connectivity index (χ1v) is 6.67. The number of carbonyl (C=O) groups is 2. The van der Waals surface area contributed by atoms with Crippen molar-refractivity contribution in [3.8, 4) is 0 Å². The normalized spacial score (nSPS) is 19.9. The van der Waals surface area contributed by atoms with E-state index in [1.807, 2.05) is 0 Å². The van der Waals surface area contributed by atoms with E-state index in [0.717, 1.165) is 12.8 Å². The number of carboxylic acid groups (broad SMARTS) is 1. The van der Waals surface area contributed by atoms with Gasteiger partial charge in [0.2, 0.25) is 5.91 Å². The quantitative estimate of drug-likeness (QED) is 0.746. The largest absolute Gasteiger partial charge is 0.479 e. The second kappa shape index (κ2) is 4.70. The Balaban J connectivity index is 2.10. The van der Waals surface area contributed by atoms with Crippen molar-refractivity contribution in [3.05, 3.63) is 22.4 Å². The number of hydrogen-bond donors (Lipinski definition) is 3. The van der Waals surface area contributed by atoms with Crippen LogP contribution in [0.2, 0.25) is 0 Å². The van der Waals surface area contributed by atoms with Gasteiger partial charge in [-0.05, 0) is 37.1 Å². The molecule has 1 aromatic rings. The summed E-state index contributed by atoms with van der Waals surface area (Å²) in [7, 11) is 0. The fourth-order valence-corrected chi connectivity index (χ4v) is 2.63. The molecule has 0 saturated heterocycles. The first-order valence-electron chi connectivity index (χ1n) is 5.79. The summed E-state index contributed by atoms with van der Waals surface area (Å²) < 4.78 is 0. The van der Waals surface area contributed by atoms with E-state index in [1.54, 1.807) is 24.4 Å². The Labute approximate surface area is 109 Å². The van der Waals surface area contributed by atoms with Crippen LogP contribution < -0.4 is 11.1 Å². The average molecular weight is 268 g/mol. The molecular weight excluding hydrogens is 252 g/mol. The summed E-state index contributed by atoms with van der Waals surface area (Å²) >= 11 is 1.30. The highest BCUT2D eigenvalue weighted by Gasteiger charge is 2.45. The Kier molecular flexibility index (Phi) is 3.41. The van der Waals surface area contributed by atoms with Crippen molar-refractivity contribution in [2.75, 3.05) is 0 Å². The predicted octanol–water partition coefficient (Wildman–Crippen LogP) is 1.12. The van der Waals surface area contributed by atoms with E-state index in [0.29, 0.717) is 4.88 Å². The van der Waals surface area contributed by atoms with Crippen molar-refractivity contribution < 1.29 is 14.7 Å². The number of amides is 1. The molecule has 0 spiro atoms. The van der Waals surface area contributed by atoms with E-state index in [-0.39, 0.29) is 5.92 Å². The van der Waals surface area contributed by atoms with Gasteiger partial charge < -0.3 is 16.2 Å². The van der Waals surface area contributed by atoms with E-state index in [2.05, 4.69) is 5.32 Å². The molecule has 2 rings (SSSR count). The number of rotatable bonds is 5. The number of aliphatic carboxylic acids is 1. The zero-order valence-corrected chi connectivity index (χ0v) is 10.9. The third-order valence-electron chi connectivity index (χ3n) is 3.26. The molecule has 1 fully saturated rings. The maximum absolute atomic E-state index is 12.1. The minimum absolute atomic E-state index is 0.162. The maximum Gasteiger partial charge on any atom is 0.331 e. The molecule has 98 valence electrons. The van der Waals surface area contributed by atoms with Gasteiger partial charge in [0.1, 0.15) is 0 Å².